The van der Waals surface area contributed by atoms with E-state index in [2.05, 4.69) is 0 Å². The second-order valence-electron chi connectivity index (χ2n) is 3.78. The number of aromatic carboxylic acids is 1. The van der Waals surface area contributed by atoms with Gasteiger partial charge in [0.2, 0.25) is 0 Å². The first-order valence-electron chi connectivity index (χ1n) is 5.10. The molecule has 0 fully saturated rings. The number of aryl methyl sites for hydroxylation is 2. The third-order valence-electron chi connectivity index (χ3n) is 2.75. The van der Waals surface area contributed by atoms with E-state index in [4.69, 9.17) is 5.11 Å². The number of phenols is 1. The smallest absolute Gasteiger partial charge is 0.352 e. The molecule has 0 bridgehead atoms. The SMILES string of the molecule is CCn1c(C(=O)O)cc2cc(O)c(C)cc21. The maximum absolute atomic E-state index is 11.0. The zero-order valence-electron chi connectivity index (χ0n) is 9.19. The third-order valence-corrected chi connectivity index (χ3v) is 2.75. The molecule has 1 aromatic heterocycles. The van der Waals surface area contributed by atoms with Crippen LogP contribution in [0.5, 0.6) is 5.75 Å². The van der Waals surface area contributed by atoms with Crippen molar-refractivity contribution in [3.05, 3.63) is 29.5 Å². The Bertz CT molecular complexity index is 569. The lowest BCUT2D eigenvalue weighted by Gasteiger charge is -2.05. The zero-order chi connectivity index (χ0) is 11.9. The molecule has 0 atom stereocenters. The fourth-order valence-corrected chi connectivity index (χ4v) is 1.92. The number of fused-ring (bicyclic) bond motifs is 1. The van der Waals surface area contributed by atoms with E-state index in [0.717, 1.165) is 16.5 Å². The van der Waals surface area contributed by atoms with Crippen LogP contribution in [0.2, 0.25) is 0 Å². The second-order valence-corrected chi connectivity index (χ2v) is 3.78. The Labute approximate surface area is 92.7 Å². The minimum Gasteiger partial charge on any atom is -0.508 e. The van der Waals surface area contributed by atoms with Gasteiger partial charge in [0.1, 0.15) is 11.4 Å². The molecule has 0 radical (unpaired) electrons. The molecule has 16 heavy (non-hydrogen) atoms. The van der Waals surface area contributed by atoms with Crippen molar-refractivity contribution < 1.29 is 15.0 Å². The molecule has 4 heteroatoms. The van der Waals surface area contributed by atoms with Gasteiger partial charge in [0.15, 0.2) is 0 Å². The zero-order valence-corrected chi connectivity index (χ0v) is 9.19. The second kappa shape index (κ2) is 3.56. The van der Waals surface area contributed by atoms with Crippen molar-refractivity contribution >= 4 is 16.9 Å². The summed E-state index contributed by atoms with van der Waals surface area (Å²) in [6, 6.07) is 4.99. The topological polar surface area (TPSA) is 62.5 Å². The molecular weight excluding hydrogens is 206 g/mol. The molecule has 0 spiro atoms. The van der Waals surface area contributed by atoms with Gasteiger partial charge in [-0.05, 0) is 37.6 Å². The van der Waals surface area contributed by atoms with Crippen LogP contribution in [-0.2, 0) is 6.54 Å². The summed E-state index contributed by atoms with van der Waals surface area (Å²) in [5.74, 6) is -0.757. The van der Waals surface area contributed by atoms with Gasteiger partial charge in [0, 0.05) is 17.4 Å². The normalized spacial score (nSPS) is 10.9. The molecule has 0 saturated carbocycles. The van der Waals surface area contributed by atoms with Crippen molar-refractivity contribution in [2.75, 3.05) is 0 Å². The summed E-state index contributed by atoms with van der Waals surface area (Å²) < 4.78 is 1.73. The summed E-state index contributed by atoms with van der Waals surface area (Å²) in [5, 5.41) is 19.4. The van der Waals surface area contributed by atoms with Gasteiger partial charge in [-0.25, -0.2) is 4.79 Å². The number of benzene rings is 1. The van der Waals surface area contributed by atoms with Crippen molar-refractivity contribution in [1.82, 2.24) is 4.57 Å². The van der Waals surface area contributed by atoms with E-state index in [-0.39, 0.29) is 11.4 Å². The summed E-state index contributed by atoms with van der Waals surface area (Å²) in [6.07, 6.45) is 0. The van der Waals surface area contributed by atoms with Crippen LogP contribution in [0.15, 0.2) is 18.2 Å². The average molecular weight is 219 g/mol. The van der Waals surface area contributed by atoms with E-state index in [0.29, 0.717) is 6.54 Å². The summed E-state index contributed by atoms with van der Waals surface area (Å²) >= 11 is 0. The fraction of sp³-hybridized carbons (Fsp3) is 0.250. The minimum atomic E-state index is -0.949. The number of carbonyl (C=O) groups is 1. The maximum atomic E-state index is 11.0. The molecule has 0 unspecified atom stereocenters. The molecule has 1 heterocycles. The Hall–Kier alpha value is -1.97. The van der Waals surface area contributed by atoms with Crippen LogP contribution in [0.4, 0.5) is 0 Å². The third kappa shape index (κ3) is 1.43. The number of carboxylic acids is 1. The summed E-state index contributed by atoms with van der Waals surface area (Å²) in [5.41, 5.74) is 1.84. The largest absolute Gasteiger partial charge is 0.508 e. The standard InChI is InChI=1S/C12H13NO3/c1-3-13-9-4-7(2)11(14)6-8(9)5-10(13)12(15)16/h4-6,14H,3H2,1-2H3,(H,15,16). The van der Waals surface area contributed by atoms with Crippen LogP contribution in [0.3, 0.4) is 0 Å². The lowest BCUT2D eigenvalue weighted by molar-refractivity contribution is 0.0686. The van der Waals surface area contributed by atoms with Crippen molar-refractivity contribution in [3.63, 3.8) is 0 Å². The van der Waals surface area contributed by atoms with Gasteiger partial charge >= 0.3 is 5.97 Å². The number of hydrogen-bond donors (Lipinski definition) is 2. The maximum Gasteiger partial charge on any atom is 0.352 e. The van der Waals surface area contributed by atoms with E-state index in [9.17, 15) is 9.90 Å². The van der Waals surface area contributed by atoms with Crippen LogP contribution in [0, 0.1) is 6.92 Å². The Kier molecular flexibility index (Phi) is 2.34. The molecule has 0 amide bonds. The minimum absolute atomic E-state index is 0.192. The molecule has 2 N–H and O–H groups in total. The van der Waals surface area contributed by atoms with Crippen molar-refractivity contribution in [3.8, 4) is 5.75 Å². The first-order chi connectivity index (χ1) is 7.54. The number of carboxylic acid groups (broad SMARTS) is 1. The van der Waals surface area contributed by atoms with E-state index in [1.165, 1.54) is 0 Å². The average Bonchev–Trinajstić information content (AvgIpc) is 2.57. The highest BCUT2D eigenvalue weighted by Gasteiger charge is 2.14. The Morgan fingerprint density at radius 1 is 1.38 bits per heavy atom. The highest BCUT2D eigenvalue weighted by molar-refractivity contribution is 5.95. The van der Waals surface area contributed by atoms with Gasteiger partial charge in [-0.3, -0.25) is 0 Å². The fourth-order valence-electron chi connectivity index (χ4n) is 1.92. The van der Waals surface area contributed by atoms with Crippen LogP contribution < -0.4 is 0 Å². The highest BCUT2D eigenvalue weighted by atomic mass is 16.4. The Morgan fingerprint density at radius 2 is 2.06 bits per heavy atom. The number of hydrogen-bond acceptors (Lipinski definition) is 2. The van der Waals surface area contributed by atoms with Gasteiger partial charge < -0.3 is 14.8 Å². The van der Waals surface area contributed by atoms with Gasteiger partial charge in [0.25, 0.3) is 0 Å². The van der Waals surface area contributed by atoms with Crippen LogP contribution in [0.25, 0.3) is 10.9 Å². The molecule has 84 valence electrons. The summed E-state index contributed by atoms with van der Waals surface area (Å²) in [6.45, 7) is 4.28. The molecule has 0 saturated heterocycles. The van der Waals surface area contributed by atoms with Crippen LogP contribution >= 0.6 is 0 Å². The molecule has 0 aliphatic rings. The molecular formula is C12H13NO3. The summed E-state index contributed by atoms with van der Waals surface area (Å²) in [4.78, 5) is 11.0. The Balaban J connectivity index is 2.82. The van der Waals surface area contributed by atoms with Crippen LogP contribution in [-0.4, -0.2) is 20.7 Å². The van der Waals surface area contributed by atoms with Gasteiger partial charge in [-0.15, -0.1) is 0 Å². The quantitative estimate of drug-likeness (QED) is 0.815. The number of rotatable bonds is 2. The van der Waals surface area contributed by atoms with E-state index in [1.54, 1.807) is 29.7 Å². The Morgan fingerprint density at radius 3 is 2.62 bits per heavy atom. The lowest BCUT2D eigenvalue weighted by Crippen LogP contribution is -2.06. The first kappa shape index (κ1) is 10.5. The van der Waals surface area contributed by atoms with Crippen LogP contribution in [0.1, 0.15) is 23.0 Å². The van der Waals surface area contributed by atoms with E-state index in [1.807, 2.05) is 6.92 Å². The molecule has 2 aromatic rings. The predicted octanol–water partition coefficient (Wildman–Crippen LogP) is 2.37. The van der Waals surface area contributed by atoms with Gasteiger partial charge in [-0.1, -0.05) is 0 Å². The summed E-state index contributed by atoms with van der Waals surface area (Å²) in [7, 11) is 0. The molecule has 0 aliphatic carbocycles. The number of phenolic OH excluding ortho intramolecular Hbond substituents is 1. The highest BCUT2D eigenvalue weighted by Crippen LogP contribution is 2.27. The lowest BCUT2D eigenvalue weighted by atomic mass is 10.1. The van der Waals surface area contributed by atoms with Gasteiger partial charge in [-0.2, -0.15) is 0 Å². The molecule has 0 aliphatic heterocycles. The number of aromatic nitrogens is 1. The number of nitrogens with zero attached hydrogens (tertiary/aromatic N) is 1. The predicted molar refractivity (Wildman–Crippen MR) is 61.0 cm³/mol. The van der Waals surface area contributed by atoms with Gasteiger partial charge in [0.05, 0.1) is 0 Å². The van der Waals surface area contributed by atoms with Crippen molar-refractivity contribution in [2.45, 2.75) is 20.4 Å². The molecule has 4 nitrogen and oxygen atoms in total. The van der Waals surface area contributed by atoms with E-state index < -0.39 is 5.97 Å². The van der Waals surface area contributed by atoms with Crippen molar-refractivity contribution in [2.24, 2.45) is 0 Å². The molecule has 1 aromatic carbocycles. The molecule has 2 rings (SSSR count). The monoisotopic (exact) mass is 219 g/mol. The first-order valence-corrected chi connectivity index (χ1v) is 5.10. The van der Waals surface area contributed by atoms with Crippen molar-refractivity contribution in [1.29, 1.82) is 0 Å². The number of aromatic hydroxyl groups is 1. The van der Waals surface area contributed by atoms with E-state index >= 15 is 0 Å².